The van der Waals surface area contributed by atoms with Crippen LogP contribution in [0.1, 0.15) is 45.1 Å². The van der Waals surface area contributed by atoms with Gasteiger partial charge in [0.2, 0.25) is 5.91 Å². The zero-order chi connectivity index (χ0) is 28.6. The van der Waals surface area contributed by atoms with Crippen molar-refractivity contribution < 1.29 is 27.2 Å². The molecule has 0 bridgehead atoms. The second-order valence-electron chi connectivity index (χ2n) is 9.65. The molecule has 0 aliphatic carbocycles. The van der Waals surface area contributed by atoms with Crippen LogP contribution in [0.2, 0.25) is 0 Å². The van der Waals surface area contributed by atoms with E-state index < -0.39 is 41.1 Å². The maximum atomic E-state index is 14.1. The number of aromatic nitrogens is 2. The molecule has 1 aliphatic heterocycles. The molecule has 204 valence electrons. The highest BCUT2D eigenvalue weighted by Gasteiger charge is 2.45. The first-order valence-corrected chi connectivity index (χ1v) is 12.6. The lowest BCUT2D eigenvalue weighted by atomic mass is 9.74. The van der Waals surface area contributed by atoms with Crippen molar-refractivity contribution in [3.8, 4) is 5.69 Å². The number of alkyl halides is 3. The quantitative estimate of drug-likeness (QED) is 0.144. The van der Waals surface area contributed by atoms with E-state index in [9.17, 15) is 27.2 Å². The van der Waals surface area contributed by atoms with Gasteiger partial charge in [0.15, 0.2) is 5.78 Å². The first-order chi connectivity index (χ1) is 19.1. The first-order valence-electron chi connectivity index (χ1n) is 12.6. The summed E-state index contributed by atoms with van der Waals surface area (Å²) in [5, 5.41) is 4.74. The van der Waals surface area contributed by atoms with Gasteiger partial charge in [-0.2, -0.15) is 18.3 Å². The molecule has 0 N–H and O–H groups in total. The number of carbonyl (C=O) groups excluding carboxylic acids is 2. The number of anilines is 1. The normalized spacial score (nSPS) is 17.0. The number of amides is 1. The van der Waals surface area contributed by atoms with E-state index in [0.29, 0.717) is 28.3 Å². The first kappa shape index (κ1) is 27.1. The molecule has 1 aromatic heterocycles. The van der Waals surface area contributed by atoms with Crippen molar-refractivity contribution in [2.24, 2.45) is 5.92 Å². The summed E-state index contributed by atoms with van der Waals surface area (Å²) < 4.78 is 55.6. The molecule has 0 radical (unpaired) electrons. The van der Waals surface area contributed by atoms with Crippen LogP contribution in [0.25, 0.3) is 5.69 Å². The highest BCUT2D eigenvalue weighted by molar-refractivity contribution is 6.04. The number of fused-ring (bicyclic) bond motifs is 1. The minimum absolute atomic E-state index is 0.119. The van der Waals surface area contributed by atoms with Crippen molar-refractivity contribution in [2.45, 2.75) is 25.4 Å². The molecule has 4 aromatic rings. The Morgan fingerprint density at radius 1 is 1.02 bits per heavy atom. The number of aryl methyl sites for hydroxylation is 1. The van der Waals surface area contributed by atoms with Crippen LogP contribution >= 0.6 is 0 Å². The molecule has 2 atom stereocenters. The van der Waals surface area contributed by atoms with Crippen molar-refractivity contribution in [1.82, 2.24) is 9.78 Å². The molecule has 0 spiro atoms. The van der Waals surface area contributed by atoms with Crippen LogP contribution in [-0.4, -0.2) is 28.0 Å². The number of benzene rings is 3. The van der Waals surface area contributed by atoms with Gasteiger partial charge in [-0.25, -0.2) is 9.07 Å². The van der Waals surface area contributed by atoms with E-state index in [2.05, 4.69) is 6.58 Å². The van der Waals surface area contributed by atoms with E-state index >= 15 is 0 Å². The Balaban J connectivity index is 1.67. The third-order valence-electron chi connectivity index (χ3n) is 7.09. The summed E-state index contributed by atoms with van der Waals surface area (Å²) in [6, 6.07) is 19.1. The predicted octanol–water partition coefficient (Wildman–Crippen LogP) is 6.89. The number of halogens is 4. The van der Waals surface area contributed by atoms with Gasteiger partial charge in [-0.3, -0.25) is 14.5 Å². The third-order valence-corrected chi connectivity index (χ3v) is 7.09. The Morgan fingerprint density at radius 2 is 1.73 bits per heavy atom. The third kappa shape index (κ3) is 4.95. The van der Waals surface area contributed by atoms with Gasteiger partial charge < -0.3 is 0 Å². The van der Waals surface area contributed by atoms with Crippen molar-refractivity contribution in [2.75, 3.05) is 11.4 Å². The number of nitrogens with zero attached hydrogens (tertiary/aromatic N) is 3. The summed E-state index contributed by atoms with van der Waals surface area (Å²) in [5.74, 6) is -2.65. The zero-order valence-corrected chi connectivity index (χ0v) is 21.5. The van der Waals surface area contributed by atoms with Crippen molar-refractivity contribution in [3.63, 3.8) is 0 Å². The topological polar surface area (TPSA) is 55.2 Å². The summed E-state index contributed by atoms with van der Waals surface area (Å²) in [7, 11) is 0. The standard InChI is InChI=1S/C31H25F4N3O2/c1-3-16-37-29-27(19(2)36-38(29)24-10-5-4-6-11-24)28(20-12-14-23(32)15-13-20)25(30(37)40)18-26(39)21-8-7-9-22(17-21)31(33,34)35/h3-15,17,25,28H,1,16,18H2,2H3/t25-,28+/m0/s1. The SMILES string of the molecule is C=CCN1C(=O)[C@@H](CC(=O)c2cccc(C(F)(F)F)c2)[C@@H](c2ccc(F)cc2)c2c(C)nn(-c3ccccc3)c21. The van der Waals surface area contributed by atoms with Gasteiger partial charge in [0.05, 0.1) is 22.9 Å². The van der Waals surface area contributed by atoms with E-state index in [1.807, 2.05) is 30.3 Å². The number of hydrogen-bond donors (Lipinski definition) is 0. The smallest absolute Gasteiger partial charge is 0.294 e. The van der Waals surface area contributed by atoms with Gasteiger partial charge in [-0.15, -0.1) is 6.58 Å². The molecule has 5 rings (SSSR count). The van der Waals surface area contributed by atoms with Crippen molar-refractivity contribution in [1.29, 1.82) is 0 Å². The molecular formula is C31H25F4N3O2. The molecule has 1 amide bonds. The second kappa shape index (κ2) is 10.6. The summed E-state index contributed by atoms with van der Waals surface area (Å²) in [6.45, 7) is 5.70. The van der Waals surface area contributed by atoms with E-state index in [1.165, 1.54) is 29.2 Å². The average molecular weight is 548 g/mol. The minimum Gasteiger partial charge on any atom is -0.294 e. The Hall–Kier alpha value is -4.53. The lowest BCUT2D eigenvalue weighted by Gasteiger charge is -2.38. The number of Topliss-reactive ketones (excluding diaryl/α,β-unsaturated/α-hetero) is 1. The molecule has 1 aliphatic rings. The second-order valence-corrected chi connectivity index (χ2v) is 9.65. The van der Waals surface area contributed by atoms with Crippen LogP contribution in [-0.2, 0) is 11.0 Å². The monoisotopic (exact) mass is 547 g/mol. The number of ketones is 1. The van der Waals surface area contributed by atoms with Gasteiger partial charge in [-0.05, 0) is 48.9 Å². The molecule has 9 heteroatoms. The van der Waals surface area contributed by atoms with Crippen LogP contribution in [0, 0.1) is 18.7 Å². The van der Waals surface area contributed by atoms with E-state index in [-0.39, 0.29) is 18.5 Å². The molecular weight excluding hydrogens is 522 g/mol. The molecule has 0 saturated heterocycles. The maximum absolute atomic E-state index is 14.1. The minimum atomic E-state index is -4.62. The fraction of sp³-hybridized carbons (Fsp3) is 0.194. The number of para-hydroxylation sites is 1. The summed E-state index contributed by atoms with van der Waals surface area (Å²) in [6.07, 6.45) is -3.42. The summed E-state index contributed by atoms with van der Waals surface area (Å²) in [4.78, 5) is 29.1. The van der Waals surface area contributed by atoms with Crippen LogP contribution in [0.4, 0.5) is 23.4 Å². The molecule has 0 fully saturated rings. The van der Waals surface area contributed by atoms with E-state index in [0.717, 1.165) is 12.1 Å². The molecule has 40 heavy (non-hydrogen) atoms. The molecule has 2 heterocycles. The molecule has 0 saturated carbocycles. The molecule has 5 nitrogen and oxygen atoms in total. The highest BCUT2D eigenvalue weighted by atomic mass is 19.4. The van der Waals surface area contributed by atoms with Crippen LogP contribution in [0.15, 0.2) is 91.5 Å². The lowest BCUT2D eigenvalue weighted by molar-refractivity contribution is -0.137. The maximum Gasteiger partial charge on any atom is 0.416 e. The Morgan fingerprint density at radius 3 is 2.38 bits per heavy atom. The van der Waals surface area contributed by atoms with Crippen LogP contribution in [0.5, 0.6) is 0 Å². The van der Waals surface area contributed by atoms with Gasteiger partial charge in [0.25, 0.3) is 0 Å². The Kier molecular flexibility index (Phi) is 7.14. The number of carbonyl (C=O) groups is 2. The summed E-state index contributed by atoms with van der Waals surface area (Å²) in [5.41, 5.74) is 1.50. The van der Waals surface area contributed by atoms with Gasteiger partial charge in [-0.1, -0.05) is 48.5 Å². The lowest BCUT2D eigenvalue weighted by Crippen LogP contribution is -2.45. The van der Waals surface area contributed by atoms with Crippen molar-refractivity contribution in [3.05, 3.63) is 125 Å². The van der Waals surface area contributed by atoms with E-state index in [1.54, 1.807) is 29.8 Å². The van der Waals surface area contributed by atoms with Crippen molar-refractivity contribution >= 4 is 17.5 Å². The number of rotatable bonds is 7. The zero-order valence-electron chi connectivity index (χ0n) is 21.5. The highest BCUT2D eigenvalue weighted by Crippen LogP contribution is 2.47. The van der Waals surface area contributed by atoms with Gasteiger partial charge >= 0.3 is 6.18 Å². The Labute approximate surface area is 228 Å². The molecule has 3 aromatic carbocycles. The van der Waals surface area contributed by atoms with Crippen LogP contribution in [0.3, 0.4) is 0 Å². The van der Waals surface area contributed by atoms with Gasteiger partial charge in [0.1, 0.15) is 11.6 Å². The largest absolute Gasteiger partial charge is 0.416 e. The fourth-order valence-electron chi connectivity index (χ4n) is 5.31. The molecule has 0 unspecified atom stereocenters. The fourth-order valence-corrected chi connectivity index (χ4v) is 5.31. The van der Waals surface area contributed by atoms with E-state index in [4.69, 9.17) is 5.10 Å². The average Bonchev–Trinajstić information content (AvgIpc) is 3.28. The predicted molar refractivity (Wildman–Crippen MR) is 143 cm³/mol. The summed E-state index contributed by atoms with van der Waals surface area (Å²) >= 11 is 0. The number of hydrogen-bond acceptors (Lipinski definition) is 3. The van der Waals surface area contributed by atoms with Gasteiger partial charge in [0, 0.05) is 30.0 Å². The van der Waals surface area contributed by atoms with Crippen LogP contribution < -0.4 is 4.90 Å². The Bertz CT molecular complexity index is 1580.